The van der Waals surface area contributed by atoms with E-state index in [0.717, 1.165) is 0 Å². The Kier molecular flexibility index (Phi) is 6.23. The molecule has 1 saturated heterocycles. The van der Waals surface area contributed by atoms with E-state index in [1.807, 2.05) is 13.8 Å². The molecule has 1 aliphatic heterocycles. The standard InChI is InChI=1S/C19H28N4O6/c1-5-27-14(24)8-6-7-9-23-17(25)15-16(21(4)18(23)26)20-12-22(15)10-13-11-28-19(2,3)29-13/h12-13H,5-11H2,1-4H3. The minimum absolute atomic E-state index is 0.211. The largest absolute Gasteiger partial charge is 0.466 e. The molecule has 1 unspecified atom stereocenters. The smallest absolute Gasteiger partial charge is 0.332 e. The molecule has 3 rings (SSSR count). The van der Waals surface area contributed by atoms with Crippen LogP contribution in [0.15, 0.2) is 15.9 Å². The molecule has 10 heteroatoms. The molecule has 0 amide bonds. The van der Waals surface area contributed by atoms with Gasteiger partial charge in [-0.15, -0.1) is 0 Å². The van der Waals surface area contributed by atoms with Crippen molar-refractivity contribution in [1.29, 1.82) is 0 Å². The van der Waals surface area contributed by atoms with Crippen LogP contribution in [0.25, 0.3) is 11.2 Å². The van der Waals surface area contributed by atoms with Crippen molar-refractivity contribution in [1.82, 2.24) is 18.7 Å². The highest BCUT2D eigenvalue weighted by Crippen LogP contribution is 2.23. The van der Waals surface area contributed by atoms with Gasteiger partial charge in [0.05, 0.1) is 26.1 Å². The third-order valence-corrected chi connectivity index (χ3v) is 4.89. The number of carbonyl (C=O) groups excluding carboxylic acids is 1. The predicted molar refractivity (Wildman–Crippen MR) is 105 cm³/mol. The van der Waals surface area contributed by atoms with Crippen molar-refractivity contribution in [3.05, 3.63) is 27.2 Å². The number of imidazole rings is 1. The fourth-order valence-electron chi connectivity index (χ4n) is 3.50. The number of aryl methyl sites for hydroxylation is 1. The molecule has 0 aromatic carbocycles. The summed E-state index contributed by atoms with van der Waals surface area (Å²) >= 11 is 0. The summed E-state index contributed by atoms with van der Waals surface area (Å²) in [5.41, 5.74) is -0.132. The van der Waals surface area contributed by atoms with Crippen LogP contribution in [-0.4, -0.2) is 49.8 Å². The Morgan fingerprint density at radius 2 is 2.10 bits per heavy atom. The second-order valence-corrected chi connectivity index (χ2v) is 7.58. The van der Waals surface area contributed by atoms with Gasteiger partial charge in [-0.25, -0.2) is 9.78 Å². The number of ether oxygens (including phenoxy) is 3. The molecule has 0 aliphatic carbocycles. The first-order valence-corrected chi connectivity index (χ1v) is 9.85. The van der Waals surface area contributed by atoms with E-state index in [-0.39, 0.29) is 25.0 Å². The number of nitrogens with zero attached hydrogens (tertiary/aromatic N) is 4. The highest BCUT2D eigenvalue weighted by atomic mass is 16.7. The number of aromatic nitrogens is 4. The van der Waals surface area contributed by atoms with Crippen molar-refractivity contribution in [3.8, 4) is 0 Å². The monoisotopic (exact) mass is 408 g/mol. The minimum atomic E-state index is -0.660. The van der Waals surface area contributed by atoms with Crippen LogP contribution in [-0.2, 0) is 39.1 Å². The molecule has 1 atom stereocenters. The van der Waals surface area contributed by atoms with Crippen LogP contribution < -0.4 is 11.2 Å². The van der Waals surface area contributed by atoms with E-state index < -0.39 is 17.0 Å². The summed E-state index contributed by atoms with van der Waals surface area (Å²) in [6.07, 6.45) is 2.65. The topological polar surface area (TPSA) is 107 Å². The summed E-state index contributed by atoms with van der Waals surface area (Å²) in [6.45, 7) is 6.81. The van der Waals surface area contributed by atoms with Crippen molar-refractivity contribution >= 4 is 17.1 Å². The second-order valence-electron chi connectivity index (χ2n) is 7.58. The molecule has 2 aromatic rings. The quantitative estimate of drug-likeness (QED) is 0.469. The minimum Gasteiger partial charge on any atom is -0.466 e. The van der Waals surface area contributed by atoms with Crippen LogP contribution in [0, 0.1) is 0 Å². The molecule has 160 valence electrons. The molecule has 0 spiro atoms. The molecular weight excluding hydrogens is 380 g/mol. The Morgan fingerprint density at radius 3 is 2.76 bits per heavy atom. The van der Waals surface area contributed by atoms with Gasteiger partial charge in [-0.3, -0.25) is 18.7 Å². The summed E-state index contributed by atoms with van der Waals surface area (Å²) < 4.78 is 20.6. The SMILES string of the molecule is CCOC(=O)CCCCn1c(=O)c2c(ncn2CC2COC(C)(C)O2)n(C)c1=O. The Balaban J connectivity index is 1.81. The van der Waals surface area contributed by atoms with Crippen molar-refractivity contribution in [2.24, 2.45) is 7.05 Å². The summed E-state index contributed by atoms with van der Waals surface area (Å²) in [5.74, 6) is -0.935. The lowest BCUT2D eigenvalue weighted by Gasteiger charge is -2.17. The van der Waals surface area contributed by atoms with Gasteiger partial charge in [-0.1, -0.05) is 0 Å². The van der Waals surface area contributed by atoms with Gasteiger partial charge >= 0.3 is 11.7 Å². The average Bonchev–Trinajstić information content (AvgIpc) is 3.22. The lowest BCUT2D eigenvalue weighted by molar-refractivity contribution is -0.143. The second kappa shape index (κ2) is 8.50. The maximum atomic E-state index is 13.0. The Labute approximate surface area is 168 Å². The van der Waals surface area contributed by atoms with Crippen LogP contribution in [0.3, 0.4) is 0 Å². The highest BCUT2D eigenvalue weighted by Gasteiger charge is 2.33. The summed E-state index contributed by atoms with van der Waals surface area (Å²) in [5, 5.41) is 0. The van der Waals surface area contributed by atoms with Gasteiger partial charge in [-0.2, -0.15) is 0 Å². The summed E-state index contributed by atoms with van der Waals surface area (Å²) in [4.78, 5) is 41.4. The summed E-state index contributed by atoms with van der Waals surface area (Å²) in [7, 11) is 1.59. The molecule has 1 fully saturated rings. The van der Waals surface area contributed by atoms with E-state index in [0.29, 0.717) is 43.8 Å². The Morgan fingerprint density at radius 1 is 1.34 bits per heavy atom. The zero-order chi connectivity index (χ0) is 21.2. The van der Waals surface area contributed by atoms with Crippen LogP contribution in [0.4, 0.5) is 0 Å². The number of rotatable bonds is 8. The molecule has 0 N–H and O–H groups in total. The van der Waals surface area contributed by atoms with Gasteiger partial charge < -0.3 is 18.8 Å². The van der Waals surface area contributed by atoms with E-state index in [1.54, 1.807) is 24.9 Å². The van der Waals surface area contributed by atoms with Crippen molar-refractivity contribution in [2.75, 3.05) is 13.2 Å². The molecule has 10 nitrogen and oxygen atoms in total. The van der Waals surface area contributed by atoms with Gasteiger partial charge in [0.15, 0.2) is 17.0 Å². The number of carbonyl (C=O) groups is 1. The Bertz CT molecular complexity index is 1000. The van der Waals surface area contributed by atoms with E-state index in [2.05, 4.69) is 4.98 Å². The number of hydrogen-bond donors (Lipinski definition) is 0. The van der Waals surface area contributed by atoms with Crippen LogP contribution in [0.5, 0.6) is 0 Å². The van der Waals surface area contributed by atoms with E-state index >= 15 is 0 Å². The molecule has 0 saturated carbocycles. The Hall–Kier alpha value is -2.46. The van der Waals surface area contributed by atoms with Gasteiger partial charge in [0.1, 0.15) is 6.10 Å². The van der Waals surface area contributed by atoms with Crippen molar-refractivity contribution < 1.29 is 19.0 Å². The van der Waals surface area contributed by atoms with Gasteiger partial charge in [0, 0.05) is 20.0 Å². The molecule has 29 heavy (non-hydrogen) atoms. The van der Waals surface area contributed by atoms with Crippen LogP contribution in [0.2, 0.25) is 0 Å². The molecule has 0 bridgehead atoms. The number of hydrogen-bond acceptors (Lipinski definition) is 7. The first-order chi connectivity index (χ1) is 13.7. The first kappa shape index (κ1) is 21.3. The zero-order valence-electron chi connectivity index (χ0n) is 17.3. The van der Waals surface area contributed by atoms with Crippen molar-refractivity contribution in [2.45, 2.75) is 65.0 Å². The first-order valence-electron chi connectivity index (χ1n) is 9.85. The maximum absolute atomic E-state index is 13.0. The predicted octanol–water partition coefficient (Wildman–Crippen LogP) is 0.782. The molecule has 3 heterocycles. The molecule has 0 radical (unpaired) electrons. The summed E-state index contributed by atoms with van der Waals surface area (Å²) in [6, 6.07) is 0. The van der Waals surface area contributed by atoms with Crippen LogP contribution in [0.1, 0.15) is 40.0 Å². The molecule has 2 aromatic heterocycles. The fourth-order valence-corrected chi connectivity index (χ4v) is 3.50. The van der Waals surface area contributed by atoms with Crippen molar-refractivity contribution in [3.63, 3.8) is 0 Å². The van der Waals surface area contributed by atoms with Gasteiger partial charge in [0.2, 0.25) is 0 Å². The number of unbranched alkanes of at least 4 members (excludes halogenated alkanes) is 1. The lowest BCUT2D eigenvalue weighted by atomic mass is 10.2. The lowest BCUT2D eigenvalue weighted by Crippen LogP contribution is -2.40. The number of esters is 1. The maximum Gasteiger partial charge on any atom is 0.332 e. The number of fused-ring (bicyclic) bond motifs is 1. The third kappa shape index (κ3) is 4.59. The fraction of sp³-hybridized carbons (Fsp3) is 0.684. The normalized spacial score (nSPS) is 18.4. The van der Waals surface area contributed by atoms with Gasteiger partial charge in [0.25, 0.3) is 5.56 Å². The zero-order valence-corrected chi connectivity index (χ0v) is 17.3. The van der Waals surface area contributed by atoms with E-state index in [1.165, 1.54) is 9.13 Å². The molecular formula is C19H28N4O6. The van der Waals surface area contributed by atoms with Crippen LogP contribution >= 0.6 is 0 Å². The van der Waals surface area contributed by atoms with Gasteiger partial charge in [-0.05, 0) is 33.6 Å². The third-order valence-electron chi connectivity index (χ3n) is 4.89. The molecule has 1 aliphatic rings. The van der Waals surface area contributed by atoms with E-state index in [9.17, 15) is 14.4 Å². The average molecular weight is 408 g/mol. The van der Waals surface area contributed by atoms with E-state index in [4.69, 9.17) is 14.2 Å². The highest BCUT2D eigenvalue weighted by molar-refractivity contribution is 5.70.